The summed E-state index contributed by atoms with van der Waals surface area (Å²) in [5.41, 5.74) is 0. The molecule has 0 aromatic carbocycles. The van der Waals surface area contributed by atoms with Crippen LogP contribution < -0.4 is 0 Å². The molecular weight excluding hydrogens is 158 g/mol. The molecule has 0 fully saturated rings. The second-order valence-corrected chi connectivity index (χ2v) is 2.74. The van der Waals surface area contributed by atoms with Gasteiger partial charge in [0.05, 0.1) is 5.03 Å². The monoisotopic (exact) mass is 164 g/mol. The largest absolute Gasteiger partial charge is 0.242 e. The van der Waals surface area contributed by atoms with Gasteiger partial charge in [-0.15, -0.1) is 0 Å². The molecule has 0 nitrogen and oxygen atoms in total. The molecule has 2 unspecified atom stereocenters. The average molecular weight is 165 g/mol. The van der Waals surface area contributed by atoms with Crippen LogP contribution in [0.2, 0.25) is 0 Å². The van der Waals surface area contributed by atoms with E-state index in [0.29, 0.717) is 0 Å². The van der Waals surface area contributed by atoms with E-state index in [2.05, 4.69) is 0 Å². The van der Waals surface area contributed by atoms with Crippen molar-refractivity contribution in [1.29, 1.82) is 0 Å². The van der Waals surface area contributed by atoms with E-state index in [9.17, 15) is 8.78 Å². The quantitative estimate of drug-likeness (QED) is 0.517. The zero-order valence-corrected chi connectivity index (χ0v) is 6.20. The SMILES string of the molecule is CC1C=C(Cl)C(F)=CC1F. The Labute approximate surface area is 63.2 Å². The molecule has 1 aliphatic carbocycles. The standard InChI is InChI=1S/C7H7ClF2/c1-4-2-5(8)7(10)3-6(4)9/h2-4,6H,1H3. The van der Waals surface area contributed by atoms with Gasteiger partial charge in [0, 0.05) is 5.92 Å². The van der Waals surface area contributed by atoms with Crippen LogP contribution >= 0.6 is 11.6 Å². The first-order valence-electron chi connectivity index (χ1n) is 3.00. The normalized spacial score (nSPS) is 33.2. The van der Waals surface area contributed by atoms with Crippen LogP contribution in [0.3, 0.4) is 0 Å². The van der Waals surface area contributed by atoms with Crippen LogP contribution in [0.25, 0.3) is 0 Å². The first kappa shape index (κ1) is 7.73. The third-order valence-electron chi connectivity index (χ3n) is 1.45. The minimum absolute atomic E-state index is 0.0152. The minimum atomic E-state index is -1.23. The van der Waals surface area contributed by atoms with Crippen LogP contribution in [0.1, 0.15) is 6.92 Å². The number of hydrogen-bond acceptors (Lipinski definition) is 0. The van der Waals surface area contributed by atoms with Crippen LogP contribution in [0.5, 0.6) is 0 Å². The van der Waals surface area contributed by atoms with Crippen molar-refractivity contribution in [1.82, 2.24) is 0 Å². The van der Waals surface area contributed by atoms with Crippen molar-refractivity contribution in [2.24, 2.45) is 5.92 Å². The number of alkyl halides is 1. The number of rotatable bonds is 0. The smallest absolute Gasteiger partial charge is 0.140 e. The lowest BCUT2D eigenvalue weighted by Crippen LogP contribution is -2.11. The third-order valence-corrected chi connectivity index (χ3v) is 1.75. The number of hydrogen-bond donors (Lipinski definition) is 0. The van der Waals surface area contributed by atoms with Gasteiger partial charge in [-0.25, -0.2) is 8.78 Å². The molecule has 0 radical (unpaired) electrons. The summed E-state index contributed by atoms with van der Waals surface area (Å²) in [6.45, 7) is 1.65. The van der Waals surface area contributed by atoms with Crippen molar-refractivity contribution in [3.8, 4) is 0 Å². The van der Waals surface area contributed by atoms with E-state index in [1.165, 1.54) is 6.08 Å². The Morgan fingerprint density at radius 3 is 2.60 bits per heavy atom. The molecule has 56 valence electrons. The van der Waals surface area contributed by atoms with Crippen molar-refractivity contribution >= 4 is 11.6 Å². The average Bonchev–Trinajstić information content (AvgIpc) is 1.84. The molecule has 10 heavy (non-hydrogen) atoms. The summed E-state index contributed by atoms with van der Waals surface area (Å²) in [4.78, 5) is 0. The molecule has 0 bridgehead atoms. The molecule has 0 saturated heterocycles. The van der Waals surface area contributed by atoms with E-state index in [0.717, 1.165) is 6.08 Å². The lowest BCUT2D eigenvalue weighted by atomic mass is 10.0. The first-order chi connectivity index (χ1) is 4.61. The summed E-state index contributed by atoms with van der Waals surface area (Å²) in [7, 11) is 0. The highest BCUT2D eigenvalue weighted by Crippen LogP contribution is 2.27. The maximum atomic E-state index is 12.6. The van der Waals surface area contributed by atoms with Crippen LogP contribution in [0.15, 0.2) is 23.0 Å². The van der Waals surface area contributed by atoms with E-state index < -0.39 is 12.0 Å². The van der Waals surface area contributed by atoms with E-state index in [4.69, 9.17) is 11.6 Å². The van der Waals surface area contributed by atoms with Crippen LogP contribution in [-0.2, 0) is 0 Å². The molecular formula is C7H7ClF2. The fraction of sp³-hybridized carbons (Fsp3) is 0.429. The maximum Gasteiger partial charge on any atom is 0.140 e. The van der Waals surface area contributed by atoms with Gasteiger partial charge in [-0.3, -0.25) is 0 Å². The van der Waals surface area contributed by atoms with Crippen molar-refractivity contribution in [2.75, 3.05) is 0 Å². The Morgan fingerprint density at radius 2 is 2.10 bits per heavy atom. The van der Waals surface area contributed by atoms with Gasteiger partial charge in [0.1, 0.15) is 12.0 Å². The summed E-state index contributed by atoms with van der Waals surface area (Å²) in [5, 5.41) is 0.0152. The molecule has 0 N–H and O–H groups in total. The molecule has 0 aliphatic heterocycles. The highest BCUT2D eigenvalue weighted by Gasteiger charge is 2.19. The first-order valence-corrected chi connectivity index (χ1v) is 3.38. The van der Waals surface area contributed by atoms with Crippen molar-refractivity contribution in [3.63, 3.8) is 0 Å². The fourth-order valence-electron chi connectivity index (χ4n) is 0.774. The van der Waals surface area contributed by atoms with Gasteiger partial charge in [-0.1, -0.05) is 24.6 Å². The summed E-state index contributed by atoms with van der Waals surface area (Å²) in [6.07, 6.45) is 1.04. The van der Waals surface area contributed by atoms with E-state index in [1.54, 1.807) is 6.92 Å². The van der Waals surface area contributed by atoms with Crippen LogP contribution in [0, 0.1) is 5.92 Å². The van der Waals surface area contributed by atoms with Crippen LogP contribution in [-0.4, -0.2) is 6.17 Å². The van der Waals surface area contributed by atoms with Gasteiger partial charge in [0.25, 0.3) is 0 Å². The van der Waals surface area contributed by atoms with Gasteiger partial charge in [0.2, 0.25) is 0 Å². The van der Waals surface area contributed by atoms with E-state index in [1.807, 2.05) is 0 Å². The maximum absolute atomic E-state index is 12.6. The molecule has 0 saturated carbocycles. The molecule has 0 aromatic rings. The Bertz CT molecular complexity index is 174. The molecule has 0 aromatic heterocycles. The molecule has 2 atom stereocenters. The number of allylic oxidation sites excluding steroid dienone is 4. The van der Waals surface area contributed by atoms with Crippen LogP contribution in [0.4, 0.5) is 8.78 Å². The summed E-state index contributed by atoms with van der Waals surface area (Å²) < 4.78 is 25.0. The van der Waals surface area contributed by atoms with Gasteiger partial charge < -0.3 is 0 Å². The van der Waals surface area contributed by atoms with Crippen molar-refractivity contribution in [3.05, 3.63) is 23.0 Å². The summed E-state index contributed by atoms with van der Waals surface area (Å²) in [5.74, 6) is -0.973. The van der Waals surface area contributed by atoms with Crippen molar-refractivity contribution in [2.45, 2.75) is 13.1 Å². The second-order valence-electron chi connectivity index (χ2n) is 2.33. The van der Waals surface area contributed by atoms with Gasteiger partial charge in [-0.2, -0.15) is 0 Å². The lowest BCUT2D eigenvalue weighted by Gasteiger charge is -2.14. The van der Waals surface area contributed by atoms with Gasteiger partial charge in [0.15, 0.2) is 0 Å². The minimum Gasteiger partial charge on any atom is -0.242 e. The lowest BCUT2D eigenvalue weighted by molar-refractivity contribution is 0.326. The predicted octanol–water partition coefficient (Wildman–Crippen LogP) is 2.95. The fourth-order valence-corrected chi connectivity index (χ4v) is 1.04. The summed E-state index contributed by atoms with van der Waals surface area (Å²) >= 11 is 5.38. The third kappa shape index (κ3) is 1.37. The molecule has 3 heteroatoms. The van der Waals surface area contributed by atoms with E-state index >= 15 is 0 Å². The Balaban J connectivity index is 2.83. The Hall–Kier alpha value is -0.370. The Kier molecular flexibility index (Phi) is 2.09. The highest BCUT2D eigenvalue weighted by atomic mass is 35.5. The van der Waals surface area contributed by atoms with Crippen molar-refractivity contribution < 1.29 is 8.78 Å². The molecule has 1 rings (SSSR count). The molecule has 0 spiro atoms. The summed E-state index contributed by atoms with van der Waals surface area (Å²) in [6, 6.07) is 0. The zero-order valence-electron chi connectivity index (χ0n) is 5.44. The second kappa shape index (κ2) is 2.70. The zero-order chi connectivity index (χ0) is 7.72. The number of halogens is 3. The topological polar surface area (TPSA) is 0 Å². The van der Waals surface area contributed by atoms with Gasteiger partial charge >= 0.3 is 0 Å². The molecule has 0 heterocycles. The predicted molar refractivity (Wildman–Crippen MR) is 37.2 cm³/mol. The molecule has 0 amide bonds. The highest BCUT2D eigenvalue weighted by molar-refractivity contribution is 6.31. The van der Waals surface area contributed by atoms with E-state index in [-0.39, 0.29) is 11.0 Å². The Morgan fingerprint density at radius 1 is 1.50 bits per heavy atom. The van der Waals surface area contributed by atoms with Gasteiger partial charge in [-0.05, 0) is 6.08 Å². The molecule has 1 aliphatic rings.